The van der Waals surface area contributed by atoms with Gasteiger partial charge in [-0.2, -0.15) is 5.10 Å². The first kappa shape index (κ1) is 14.5. The van der Waals surface area contributed by atoms with Gasteiger partial charge in [-0.1, -0.05) is 12.1 Å². The van der Waals surface area contributed by atoms with Crippen molar-refractivity contribution in [1.29, 1.82) is 0 Å². The van der Waals surface area contributed by atoms with Crippen LogP contribution in [0.3, 0.4) is 0 Å². The van der Waals surface area contributed by atoms with Crippen molar-refractivity contribution in [3.8, 4) is 0 Å². The fourth-order valence-corrected chi connectivity index (χ4v) is 3.02. The second-order valence-corrected chi connectivity index (χ2v) is 5.94. The third kappa shape index (κ3) is 3.23. The molecule has 1 N–H and O–H groups in total. The number of carbonyl (C=O) groups is 1. The number of nitrogens with zero attached hydrogens (tertiary/aromatic N) is 3. The van der Waals surface area contributed by atoms with E-state index in [1.165, 1.54) is 4.88 Å². The Bertz CT molecular complexity index is 737. The summed E-state index contributed by atoms with van der Waals surface area (Å²) in [5.41, 5.74) is 1.39. The highest BCUT2D eigenvalue weighted by Crippen LogP contribution is 2.20. The first-order valence-corrected chi connectivity index (χ1v) is 7.84. The van der Waals surface area contributed by atoms with Crippen LogP contribution in [0.15, 0.2) is 54.2 Å². The minimum absolute atomic E-state index is 0.146. The average Bonchev–Trinajstić information content (AvgIpc) is 3.19. The van der Waals surface area contributed by atoms with Gasteiger partial charge in [-0.05, 0) is 29.6 Å². The topological polar surface area (TPSA) is 59.8 Å². The van der Waals surface area contributed by atoms with Crippen LogP contribution in [0.25, 0.3) is 0 Å². The maximum absolute atomic E-state index is 12.4. The van der Waals surface area contributed by atoms with Crippen molar-refractivity contribution >= 4 is 17.2 Å². The molecule has 0 aliphatic carbocycles. The van der Waals surface area contributed by atoms with Crippen molar-refractivity contribution < 1.29 is 4.79 Å². The van der Waals surface area contributed by atoms with Crippen LogP contribution in [-0.4, -0.2) is 20.7 Å². The maximum atomic E-state index is 12.4. The number of aromatic nitrogens is 3. The van der Waals surface area contributed by atoms with Crippen molar-refractivity contribution in [3.63, 3.8) is 0 Å². The highest BCUT2D eigenvalue weighted by Gasteiger charge is 2.19. The zero-order valence-corrected chi connectivity index (χ0v) is 13.0. The summed E-state index contributed by atoms with van der Waals surface area (Å²) in [5, 5.41) is 9.13. The standard InChI is InChI=1S/C16H16N4OS/c1-20-15(7-9-18-20)16(21)19-14(11-12-5-4-10-22-12)13-6-2-3-8-17-13/h2-10,14H,11H2,1H3,(H,19,21). The maximum Gasteiger partial charge on any atom is 0.270 e. The summed E-state index contributed by atoms with van der Waals surface area (Å²) in [6, 6.07) is 11.4. The van der Waals surface area contributed by atoms with E-state index in [0.717, 1.165) is 12.1 Å². The molecule has 0 spiro atoms. The number of aryl methyl sites for hydroxylation is 1. The highest BCUT2D eigenvalue weighted by atomic mass is 32.1. The molecule has 0 fully saturated rings. The quantitative estimate of drug-likeness (QED) is 0.788. The Labute approximate surface area is 132 Å². The zero-order valence-electron chi connectivity index (χ0n) is 12.1. The van der Waals surface area contributed by atoms with Gasteiger partial charge < -0.3 is 5.32 Å². The van der Waals surface area contributed by atoms with E-state index < -0.39 is 0 Å². The summed E-state index contributed by atoms with van der Waals surface area (Å²) >= 11 is 1.68. The van der Waals surface area contributed by atoms with Gasteiger partial charge in [0.1, 0.15) is 5.69 Å². The smallest absolute Gasteiger partial charge is 0.270 e. The lowest BCUT2D eigenvalue weighted by Gasteiger charge is -2.17. The fraction of sp³-hybridized carbons (Fsp3) is 0.188. The van der Waals surface area contributed by atoms with Crippen LogP contribution in [0, 0.1) is 0 Å². The van der Waals surface area contributed by atoms with E-state index in [9.17, 15) is 4.79 Å². The summed E-state index contributed by atoms with van der Waals surface area (Å²) in [6.07, 6.45) is 4.08. The van der Waals surface area contributed by atoms with E-state index in [1.54, 1.807) is 41.5 Å². The van der Waals surface area contributed by atoms with E-state index in [-0.39, 0.29) is 11.9 Å². The third-order valence-corrected chi connectivity index (χ3v) is 4.29. The molecule has 0 radical (unpaired) electrons. The molecular formula is C16H16N4OS. The molecule has 0 saturated heterocycles. The molecule has 3 aromatic rings. The number of amides is 1. The van der Waals surface area contributed by atoms with Crippen LogP contribution in [0.5, 0.6) is 0 Å². The lowest BCUT2D eigenvalue weighted by Crippen LogP contribution is -2.31. The van der Waals surface area contributed by atoms with E-state index in [0.29, 0.717) is 5.69 Å². The highest BCUT2D eigenvalue weighted by molar-refractivity contribution is 7.09. The minimum Gasteiger partial charge on any atom is -0.342 e. The molecule has 3 heterocycles. The first-order valence-electron chi connectivity index (χ1n) is 6.96. The average molecular weight is 312 g/mol. The molecule has 1 amide bonds. The van der Waals surface area contributed by atoms with Gasteiger partial charge in [0.2, 0.25) is 0 Å². The van der Waals surface area contributed by atoms with Crippen molar-refractivity contribution in [2.45, 2.75) is 12.5 Å². The second-order valence-electron chi connectivity index (χ2n) is 4.90. The molecule has 112 valence electrons. The summed E-state index contributed by atoms with van der Waals surface area (Å²) in [6.45, 7) is 0. The van der Waals surface area contributed by atoms with Gasteiger partial charge >= 0.3 is 0 Å². The molecule has 0 saturated carbocycles. The van der Waals surface area contributed by atoms with Gasteiger partial charge in [-0.15, -0.1) is 11.3 Å². The largest absolute Gasteiger partial charge is 0.342 e. The Morgan fingerprint density at radius 3 is 2.82 bits per heavy atom. The normalized spacial score (nSPS) is 12.0. The van der Waals surface area contributed by atoms with E-state index in [2.05, 4.69) is 21.5 Å². The molecule has 1 unspecified atom stereocenters. The molecular weight excluding hydrogens is 296 g/mol. The molecule has 0 aromatic carbocycles. The number of rotatable bonds is 5. The van der Waals surface area contributed by atoms with Gasteiger partial charge in [0.05, 0.1) is 11.7 Å². The summed E-state index contributed by atoms with van der Waals surface area (Å²) < 4.78 is 1.57. The van der Waals surface area contributed by atoms with E-state index in [1.807, 2.05) is 29.6 Å². The Morgan fingerprint density at radius 2 is 2.18 bits per heavy atom. The lowest BCUT2D eigenvalue weighted by atomic mass is 10.1. The van der Waals surface area contributed by atoms with E-state index in [4.69, 9.17) is 0 Å². The Morgan fingerprint density at radius 1 is 1.27 bits per heavy atom. The predicted octanol–water partition coefficient (Wildman–Crippen LogP) is 2.59. The molecule has 1 atom stereocenters. The summed E-state index contributed by atoms with van der Waals surface area (Å²) in [4.78, 5) is 18.0. The Hall–Kier alpha value is -2.47. The van der Waals surface area contributed by atoms with Crippen LogP contribution in [0.4, 0.5) is 0 Å². The number of hydrogen-bond acceptors (Lipinski definition) is 4. The lowest BCUT2D eigenvalue weighted by molar-refractivity contribution is 0.0926. The summed E-state index contributed by atoms with van der Waals surface area (Å²) in [7, 11) is 1.75. The number of nitrogens with one attached hydrogen (secondary N) is 1. The summed E-state index contributed by atoms with van der Waals surface area (Å²) in [5.74, 6) is -0.146. The fourth-order valence-electron chi connectivity index (χ4n) is 2.27. The molecule has 0 aliphatic rings. The van der Waals surface area contributed by atoms with Crippen molar-refractivity contribution in [2.75, 3.05) is 0 Å². The van der Waals surface area contributed by atoms with Gasteiger partial charge in [0.15, 0.2) is 0 Å². The van der Waals surface area contributed by atoms with Crippen LogP contribution in [-0.2, 0) is 13.5 Å². The Kier molecular flexibility index (Phi) is 4.29. The van der Waals surface area contributed by atoms with E-state index >= 15 is 0 Å². The molecule has 5 nitrogen and oxygen atoms in total. The van der Waals surface area contributed by atoms with Crippen LogP contribution >= 0.6 is 11.3 Å². The third-order valence-electron chi connectivity index (χ3n) is 3.39. The van der Waals surface area contributed by atoms with Gasteiger partial charge in [0, 0.05) is 30.7 Å². The predicted molar refractivity (Wildman–Crippen MR) is 85.7 cm³/mol. The zero-order chi connectivity index (χ0) is 15.4. The van der Waals surface area contributed by atoms with Crippen LogP contribution in [0.1, 0.15) is 27.1 Å². The molecule has 22 heavy (non-hydrogen) atoms. The minimum atomic E-state index is -0.165. The molecule has 3 rings (SSSR count). The number of hydrogen-bond donors (Lipinski definition) is 1. The van der Waals surface area contributed by atoms with Gasteiger partial charge in [-0.25, -0.2) is 0 Å². The van der Waals surface area contributed by atoms with Crippen molar-refractivity contribution in [1.82, 2.24) is 20.1 Å². The second kappa shape index (κ2) is 6.53. The Balaban J connectivity index is 1.82. The number of thiophene rings is 1. The molecule has 0 aliphatic heterocycles. The van der Waals surface area contributed by atoms with Crippen LogP contribution in [0.2, 0.25) is 0 Å². The number of pyridine rings is 1. The first-order chi connectivity index (χ1) is 10.7. The number of carbonyl (C=O) groups excluding carboxylic acids is 1. The molecule has 3 aromatic heterocycles. The van der Waals surface area contributed by atoms with Gasteiger partial charge in [0.25, 0.3) is 5.91 Å². The monoisotopic (exact) mass is 312 g/mol. The van der Waals surface area contributed by atoms with Crippen molar-refractivity contribution in [3.05, 3.63) is 70.4 Å². The van der Waals surface area contributed by atoms with Crippen LogP contribution < -0.4 is 5.32 Å². The molecule has 0 bridgehead atoms. The molecule has 6 heteroatoms. The van der Waals surface area contributed by atoms with Crippen molar-refractivity contribution in [2.24, 2.45) is 7.05 Å². The van der Waals surface area contributed by atoms with Gasteiger partial charge in [-0.3, -0.25) is 14.5 Å². The SMILES string of the molecule is Cn1nccc1C(=O)NC(Cc1cccs1)c1ccccn1.